The molecule has 0 heterocycles. The molecule has 0 aromatic heterocycles. The van der Waals surface area contributed by atoms with Crippen molar-refractivity contribution < 1.29 is 19.7 Å². The number of aliphatic hydroxyl groups excluding tert-OH is 1. The standard InChI is InChI=1S/C9H11NO4/c10-8(5-11)9(13)14-7-3-1-6(12)2-4-7/h1-4,8,11-12H,5,10H2/t8-/m0/s1. The minimum Gasteiger partial charge on any atom is -0.508 e. The molecule has 0 aliphatic heterocycles. The van der Waals surface area contributed by atoms with Gasteiger partial charge in [0.05, 0.1) is 6.61 Å². The van der Waals surface area contributed by atoms with Gasteiger partial charge < -0.3 is 20.7 Å². The molecular formula is C9H11NO4. The molecule has 1 atom stereocenters. The van der Waals surface area contributed by atoms with Crippen molar-refractivity contribution >= 4 is 5.97 Å². The third-order valence-electron chi connectivity index (χ3n) is 1.55. The summed E-state index contributed by atoms with van der Waals surface area (Å²) in [7, 11) is 0. The molecule has 0 spiro atoms. The summed E-state index contributed by atoms with van der Waals surface area (Å²) in [6, 6.07) is 4.58. The zero-order chi connectivity index (χ0) is 10.6. The molecule has 0 fully saturated rings. The maximum atomic E-state index is 11.1. The normalized spacial score (nSPS) is 12.1. The number of nitrogens with two attached hydrogens (primary N) is 1. The Balaban J connectivity index is 2.60. The Morgan fingerprint density at radius 3 is 2.50 bits per heavy atom. The maximum absolute atomic E-state index is 11.1. The predicted octanol–water partition coefficient (Wildman–Crippen LogP) is -0.383. The molecule has 0 saturated heterocycles. The van der Waals surface area contributed by atoms with Gasteiger partial charge in [-0.2, -0.15) is 0 Å². The molecule has 0 saturated carbocycles. The number of rotatable bonds is 3. The second kappa shape index (κ2) is 4.59. The van der Waals surface area contributed by atoms with E-state index in [1.807, 2.05) is 0 Å². The van der Waals surface area contributed by atoms with Crippen molar-refractivity contribution in [3.05, 3.63) is 24.3 Å². The molecule has 5 nitrogen and oxygen atoms in total. The first-order valence-electron chi connectivity index (χ1n) is 4.00. The highest BCUT2D eigenvalue weighted by Gasteiger charge is 2.14. The molecule has 0 bridgehead atoms. The van der Waals surface area contributed by atoms with Crippen LogP contribution in [0.25, 0.3) is 0 Å². The van der Waals surface area contributed by atoms with E-state index < -0.39 is 18.6 Å². The fourth-order valence-corrected chi connectivity index (χ4v) is 0.781. The van der Waals surface area contributed by atoms with Gasteiger partial charge in [-0.05, 0) is 24.3 Å². The van der Waals surface area contributed by atoms with E-state index in [2.05, 4.69) is 0 Å². The van der Waals surface area contributed by atoms with Gasteiger partial charge in [0, 0.05) is 0 Å². The lowest BCUT2D eigenvalue weighted by Crippen LogP contribution is -2.37. The third kappa shape index (κ3) is 2.72. The fraction of sp³-hybridized carbons (Fsp3) is 0.222. The lowest BCUT2D eigenvalue weighted by molar-refractivity contribution is -0.136. The summed E-state index contributed by atoms with van der Waals surface area (Å²) in [4.78, 5) is 11.1. The molecule has 5 heteroatoms. The summed E-state index contributed by atoms with van der Waals surface area (Å²) in [5.74, 6) is -0.355. The topological polar surface area (TPSA) is 92.8 Å². The number of phenolic OH excluding ortho intramolecular Hbond substituents is 1. The van der Waals surface area contributed by atoms with Crippen LogP contribution in [0, 0.1) is 0 Å². The van der Waals surface area contributed by atoms with Crippen molar-refractivity contribution in [2.24, 2.45) is 5.73 Å². The zero-order valence-corrected chi connectivity index (χ0v) is 7.38. The summed E-state index contributed by atoms with van der Waals surface area (Å²) < 4.78 is 4.79. The van der Waals surface area contributed by atoms with Crippen LogP contribution in [0.15, 0.2) is 24.3 Å². The van der Waals surface area contributed by atoms with Crippen LogP contribution in [-0.2, 0) is 4.79 Å². The van der Waals surface area contributed by atoms with E-state index in [1.54, 1.807) is 0 Å². The lowest BCUT2D eigenvalue weighted by atomic mass is 10.3. The quantitative estimate of drug-likeness (QED) is 0.453. The van der Waals surface area contributed by atoms with E-state index in [0.717, 1.165) is 0 Å². The van der Waals surface area contributed by atoms with Gasteiger partial charge in [-0.3, -0.25) is 0 Å². The predicted molar refractivity (Wildman–Crippen MR) is 48.8 cm³/mol. The van der Waals surface area contributed by atoms with Crippen molar-refractivity contribution in [3.8, 4) is 11.5 Å². The highest BCUT2D eigenvalue weighted by atomic mass is 16.5. The number of carbonyl (C=O) groups is 1. The Hall–Kier alpha value is -1.59. The first-order chi connectivity index (χ1) is 6.63. The number of carbonyl (C=O) groups excluding carboxylic acids is 1. The zero-order valence-electron chi connectivity index (χ0n) is 7.38. The Bertz CT molecular complexity index is 309. The number of phenols is 1. The molecule has 14 heavy (non-hydrogen) atoms. The van der Waals surface area contributed by atoms with E-state index in [-0.39, 0.29) is 11.5 Å². The van der Waals surface area contributed by atoms with Crippen LogP contribution >= 0.6 is 0 Å². The summed E-state index contributed by atoms with van der Waals surface area (Å²) in [5.41, 5.74) is 5.22. The number of aliphatic hydroxyl groups is 1. The first-order valence-corrected chi connectivity index (χ1v) is 4.00. The molecule has 76 valence electrons. The molecule has 0 aliphatic carbocycles. The van der Waals surface area contributed by atoms with Crippen LogP contribution in [0.5, 0.6) is 11.5 Å². The molecule has 0 aliphatic rings. The molecule has 0 unspecified atom stereocenters. The number of aromatic hydroxyl groups is 1. The highest BCUT2D eigenvalue weighted by molar-refractivity contribution is 5.78. The smallest absolute Gasteiger partial charge is 0.330 e. The molecule has 1 aromatic rings. The Morgan fingerprint density at radius 2 is 2.00 bits per heavy atom. The van der Waals surface area contributed by atoms with Crippen molar-refractivity contribution in [1.29, 1.82) is 0 Å². The van der Waals surface area contributed by atoms with Gasteiger partial charge in [-0.1, -0.05) is 0 Å². The van der Waals surface area contributed by atoms with Crippen LogP contribution in [-0.4, -0.2) is 28.8 Å². The van der Waals surface area contributed by atoms with Crippen molar-refractivity contribution in [2.75, 3.05) is 6.61 Å². The number of benzene rings is 1. The second-order valence-electron chi connectivity index (χ2n) is 2.70. The van der Waals surface area contributed by atoms with E-state index in [0.29, 0.717) is 0 Å². The lowest BCUT2D eigenvalue weighted by Gasteiger charge is -2.07. The van der Waals surface area contributed by atoms with E-state index in [4.69, 9.17) is 20.7 Å². The molecule has 1 aromatic carbocycles. The van der Waals surface area contributed by atoms with Crippen LogP contribution in [0.2, 0.25) is 0 Å². The Kier molecular flexibility index (Phi) is 3.44. The number of ether oxygens (including phenoxy) is 1. The number of hydrogen-bond donors (Lipinski definition) is 3. The molecule has 1 rings (SSSR count). The molecular weight excluding hydrogens is 186 g/mol. The minimum absolute atomic E-state index is 0.0799. The van der Waals surface area contributed by atoms with Gasteiger partial charge in [-0.15, -0.1) is 0 Å². The van der Waals surface area contributed by atoms with Gasteiger partial charge in [0.15, 0.2) is 0 Å². The van der Waals surface area contributed by atoms with E-state index in [1.165, 1.54) is 24.3 Å². The highest BCUT2D eigenvalue weighted by Crippen LogP contribution is 2.16. The second-order valence-corrected chi connectivity index (χ2v) is 2.70. The van der Waals surface area contributed by atoms with Gasteiger partial charge in [0.25, 0.3) is 0 Å². The van der Waals surface area contributed by atoms with Crippen molar-refractivity contribution in [3.63, 3.8) is 0 Å². The molecule has 0 radical (unpaired) electrons. The minimum atomic E-state index is -1.04. The monoisotopic (exact) mass is 197 g/mol. The first kappa shape index (κ1) is 10.5. The fourth-order valence-electron chi connectivity index (χ4n) is 0.781. The van der Waals surface area contributed by atoms with Crippen LogP contribution in [0.1, 0.15) is 0 Å². The molecule has 0 amide bonds. The van der Waals surface area contributed by atoms with Crippen molar-refractivity contribution in [1.82, 2.24) is 0 Å². The summed E-state index contributed by atoms with van der Waals surface area (Å²) in [6.45, 7) is -0.461. The van der Waals surface area contributed by atoms with E-state index in [9.17, 15) is 4.79 Å². The summed E-state index contributed by atoms with van der Waals surface area (Å²) in [6.07, 6.45) is 0. The van der Waals surface area contributed by atoms with Gasteiger partial charge in [-0.25, -0.2) is 4.79 Å². The van der Waals surface area contributed by atoms with Crippen LogP contribution < -0.4 is 10.5 Å². The van der Waals surface area contributed by atoms with Crippen LogP contribution in [0.3, 0.4) is 0 Å². The van der Waals surface area contributed by atoms with E-state index >= 15 is 0 Å². The molecule has 4 N–H and O–H groups in total. The number of hydrogen-bond acceptors (Lipinski definition) is 5. The van der Waals surface area contributed by atoms with Gasteiger partial charge in [0.2, 0.25) is 0 Å². The Labute approximate surface area is 80.7 Å². The van der Waals surface area contributed by atoms with Crippen LogP contribution in [0.4, 0.5) is 0 Å². The third-order valence-corrected chi connectivity index (χ3v) is 1.55. The van der Waals surface area contributed by atoms with Gasteiger partial charge >= 0.3 is 5.97 Å². The summed E-state index contributed by atoms with van der Waals surface area (Å²) in [5, 5.41) is 17.5. The SMILES string of the molecule is N[C@@H](CO)C(=O)Oc1ccc(O)cc1. The van der Waals surface area contributed by atoms with Gasteiger partial charge in [0.1, 0.15) is 17.5 Å². The van der Waals surface area contributed by atoms with Crippen molar-refractivity contribution in [2.45, 2.75) is 6.04 Å². The largest absolute Gasteiger partial charge is 0.508 e. The average molecular weight is 197 g/mol. The number of esters is 1. The summed E-state index contributed by atoms with van der Waals surface area (Å²) >= 11 is 0. The Morgan fingerprint density at radius 1 is 1.43 bits per heavy atom. The maximum Gasteiger partial charge on any atom is 0.330 e. The average Bonchev–Trinajstić information content (AvgIpc) is 2.20.